The third-order valence-electron chi connectivity index (χ3n) is 2.60. The average molecular weight is 265 g/mol. The van der Waals surface area contributed by atoms with E-state index in [1.54, 1.807) is 0 Å². The van der Waals surface area contributed by atoms with E-state index in [2.05, 4.69) is 10.6 Å². The Morgan fingerprint density at radius 3 is 2.53 bits per heavy atom. The summed E-state index contributed by atoms with van der Waals surface area (Å²) in [5, 5.41) is 14.0. The number of carbonyl (C=O) groups is 2. The number of nitrogens with two attached hydrogens (primary N) is 1. The van der Waals surface area contributed by atoms with Crippen LogP contribution in [-0.2, 0) is 11.3 Å². The lowest BCUT2D eigenvalue weighted by molar-refractivity contribution is -0.139. The fraction of sp³-hybridized carbons (Fsp3) is 0.385. The first-order chi connectivity index (χ1) is 9.13. The van der Waals surface area contributed by atoms with Gasteiger partial charge in [-0.2, -0.15) is 0 Å². The fourth-order valence-electron chi connectivity index (χ4n) is 1.57. The Bertz CT molecular complexity index is 409. The first-order valence-electron chi connectivity index (χ1n) is 6.14. The molecule has 1 atom stereocenters. The molecule has 6 nitrogen and oxygen atoms in total. The maximum absolute atomic E-state index is 11.6. The molecule has 5 N–H and O–H groups in total. The molecule has 0 radical (unpaired) electrons. The van der Waals surface area contributed by atoms with E-state index < -0.39 is 18.0 Å². The van der Waals surface area contributed by atoms with Crippen molar-refractivity contribution in [2.24, 2.45) is 5.73 Å². The van der Waals surface area contributed by atoms with Gasteiger partial charge in [-0.1, -0.05) is 30.3 Å². The number of aliphatic carboxylic acids is 1. The number of rotatable bonds is 7. The molecule has 0 aliphatic carbocycles. The number of nitrogens with one attached hydrogen (secondary N) is 2. The number of benzene rings is 1. The minimum Gasteiger partial charge on any atom is -0.480 e. The summed E-state index contributed by atoms with van der Waals surface area (Å²) in [7, 11) is 0. The highest BCUT2D eigenvalue weighted by molar-refractivity contribution is 5.82. The number of urea groups is 1. The van der Waals surface area contributed by atoms with Crippen LogP contribution in [0.5, 0.6) is 0 Å². The van der Waals surface area contributed by atoms with Crippen molar-refractivity contribution in [2.75, 3.05) is 6.54 Å². The second-order valence-corrected chi connectivity index (χ2v) is 4.13. The first-order valence-corrected chi connectivity index (χ1v) is 6.14. The van der Waals surface area contributed by atoms with Crippen LogP contribution in [0.15, 0.2) is 30.3 Å². The van der Waals surface area contributed by atoms with E-state index in [1.807, 2.05) is 30.3 Å². The fourth-order valence-corrected chi connectivity index (χ4v) is 1.57. The molecule has 0 aromatic heterocycles. The van der Waals surface area contributed by atoms with Crippen molar-refractivity contribution in [3.05, 3.63) is 35.9 Å². The SMILES string of the molecule is NCCC[C@H](NC(=O)NCc1ccccc1)C(=O)O. The lowest BCUT2D eigenvalue weighted by Gasteiger charge is -2.14. The zero-order valence-electron chi connectivity index (χ0n) is 10.6. The summed E-state index contributed by atoms with van der Waals surface area (Å²) in [5.41, 5.74) is 6.27. The van der Waals surface area contributed by atoms with Crippen molar-refractivity contribution in [1.82, 2.24) is 10.6 Å². The molecule has 0 bridgehead atoms. The van der Waals surface area contributed by atoms with E-state index in [0.717, 1.165) is 5.56 Å². The highest BCUT2D eigenvalue weighted by Crippen LogP contribution is 1.98. The number of amides is 2. The number of carboxylic acids is 1. The third-order valence-corrected chi connectivity index (χ3v) is 2.60. The van der Waals surface area contributed by atoms with E-state index in [0.29, 0.717) is 25.9 Å². The molecular formula is C13H19N3O3. The standard InChI is InChI=1S/C13H19N3O3/c14-8-4-7-11(12(17)18)16-13(19)15-9-10-5-2-1-3-6-10/h1-3,5-6,11H,4,7-9,14H2,(H,17,18)(H2,15,16,19)/t11-/m0/s1. The number of hydrogen-bond acceptors (Lipinski definition) is 3. The van der Waals surface area contributed by atoms with Gasteiger partial charge >= 0.3 is 12.0 Å². The van der Waals surface area contributed by atoms with Gasteiger partial charge < -0.3 is 21.5 Å². The van der Waals surface area contributed by atoms with Gasteiger partial charge in [0, 0.05) is 6.54 Å². The Kier molecular flexibility index (Phi) is 6.38. The average Bonchev–Trinajstić information content (AvgIpc) is 2.42. The topological polar surface area (TPSA) is 104 Å². The van der Waals surface area contributed by atoms with E-state index in [-0.39, 0.29) is 0 Å². The van der Waals surface area contributed by atoms with Crippen molar-refractivity contribution in [3.8, 4) is 0 Å². The van der Waals surface area contributed by atoms with Gasteiger partial charge in [-0.25, -0.2) is 9.59 Å². The minimum atomic E-state index is -1.05. The molecule has 0 heterocycles. The molecule has 0 aliphatic rings. The van der Waals surface area contributed by atoms with Gasteiger partial charge in [0.15, 0.2) is 0 Å². The second kappa shape index (κ2) is 8.10. The summed E-state index contributed by atoms with van der Waals surface area (Å²) in [6.45, 7) is 0.757. The minimum absolute atomic E-state index is 0.324. The quantitative estimate of drug-likeness (QED) is 0.581. The second-order valence-electron chi connectivity index (χ2n) is 4.13. The summed E-state index contributed by atoms with van der Waals surface area (Å²) < 4.78 is 0. The molecule has 1 aromatic rings. The van der Waals surface area contributed by atoms with Crippen LogP contribution in [0.1, 0.15) is 18.4 Å². The Balaban J connectivity index is 2.38. The Hall–Kier alpha value is -2.08. The number of carbonyl (C=O) groups excluding carboxylic acids is 1. The van der Waals surface area contributed by atoms with Crippen molar-refractivity contribution in [1.29, 1.82) is 0 Å². The Morgan fingerprint density at radius 1 is 1.26 bits per heavy atom. The van der Waals surface area contributed by atoms with Crippen molar-refractivity contribution >= 4 is 12.0 Å². The number of carboxylic acid groups (broad SMARTS) is 1. The van der Waals surface area contributed by atoms with E-state index in [9.17, 15) is 9.59 Å². The normalized spacial score (nSPS) is 11.6. The van der Waals surface area contributed by atoms with Crippen molar-refractivity contribution < 1.29 is 14.7 Å². The Morgan fingerprint density at radius 2 is 1.95 bits per heavy atom. The summed E-state index contributed by atoms with van der Waals surface area (Å²) in [6, 6.07) is 7.99. The molecular weight excluding hydrogens is 246 g/mol. The lowest BCUT2D eigenvalue weighted by atomic mass is 10.1. The predicted octanol–water partition coefficient (Wildman–Crippen LogP) is 0.678. The van der Waals surface area contributed by atoms with Crippen LogP contribution in [0.3, 0.4) is 0 Å². The lowest BCUT2D eigenvalue weighted by Crippen LogP contribution is -2.45. The first kappa shape index (κ1) is 15.0. The smallest absolute Gasteiger partial charge is 0.326 e. The van der Waals surface area contributed by atoms with Gasteiger partial charge in [0.2, 0.25) is 0 Å². The largest absolute Gasteiger partial charge is 0.480 e. The molecule has 104 valence electrons. The summed E-state index contributed by atoms with van der Waals surface area (Å²) in [4.78, 5) is 22.5. The van der Waals surface area contributed by atoms with E-state index in [1.165, 1.54) is 0 Å². The highest BCUT2D eigenvalue weighted by Gasteiger charge is 2.18. The van der Waals surface area contributed by atoms with E-state index >= 15 is 0 Å². The third kappa shape index (κ3) is 5.87. The summed E-state index contributed by atoms with van der Waals surface area (Å²) in [5.74, 6) is -1.05. The molecule has 0 saturated carbocycles. The molecule has 1 rings (SSSR count). The zero-order chi connectivity index (χ0) is 14.1. The molecule has 0 unspecified atom stereocenters. The van der Waals surface area contributed by atoms with Gasteiger partial charge in [0.05, 0.1) is 0 Å². The maximum Gasteiger partial charge on any atom is 0.326 e. The molecule has 6 heteroatoms. The predicted molar refractivity (Wildman–Crippen MR) is 71.5 cm³/mol. The molecule has 1 aromatic carbocycles. The van der Waals surface area contributed by atoms with Gasteiger partial charge in [-0.15, -0.1) is 0 Å². The van der Waals surface area contributed by atoms with Gasteiger partial charge in [0.1, 0.15) is 6.04 Å². The summed E-state index contributed by atoms with van der Waals surface area (Å²) in [6.07, 6.45) is 0.876. The molecule has 19 heavy (non-hydrogen) atoms. The van der Waals surface area contributed by atoms with Crippen molar-refractivity contribution in [3.63, 3.8) is 0 Å². The van der Waals surface area contributed by atoms with Gasteiger partial charge in [-0.05, 0) is 24.9 Å². The molecule has 0 fully saturated rings. The summed E-state index contributed by atoms with van der Waals surface area (Å²) >= 11 is 0. The highest BCUT2D eigenvalue weighted by atomic mass is 16.4. The monoisotopic (exact) mass is 265 g/mol. The van der Waals surface area contributed by atoms with Crippen LogP contribution in [-0.4, -0.2) is 29.7 Å². The van der Waals surface area contributed by atoms with Crippen LogP contribution in [0.25, 0.3) is 0 Å². The van der Waals surface area contributed by atoms with E-state index in [4.69, 9.17) is 10.8 Å². The molecule has 0 aliphatic heterocycles. The van der Waals surface area contributed by atoms with Crippen molar-refractivity contribution in [2.45, 2.75) is 25.4 Å². The van der Waals surface area contributed by atoms with Crippen LogP contribution < -0.4 is 16.4 Å². The van der Waals surface area contributed by atoms with Gasteiger partial charge in [-0.3, -0.25) is 0 Å². The van der Waals surface area contributed by atoms with Crippen LogP contribution >= 0.6 is 0 Å². The Labute approximate surface area is 112 Å². The van der Waals surface area contributed by atoms with Crippen LogP contribution in [0.2, 0.25) is 0 Å². The maximum atomic E-state index is 11.6. The molecule has 0 saturated heterocycles. The van der Waals surface area contributed by atoms with Crippen LogP contribution in [0, 0.1) is 0 Å². The van der Waals surface area contributed by atoms with Gasteiger partial charge in [0.25, 0.3) is 0 Å². The molecule has 0 spiro atoms. The van der Waals surface area contributed by atoms with Crippen LogP contribution in [0.4, 0.5) is 4.79 Å². The molecule has 2 amide bonds. The zero-order valence-corrected chi connectivity index (χ0v) is 10.6. The number of hydrogen-bond donors (Lipinski definition) is 4.